The molecule has 0 aromatic rings. The van der Waals surface area contributed by atoms with Crippen molar-refractivity contribution in [2.45, 2.75) is 19.4 Å². The Labute approximate surface area is 68.4 Å². The Morgan fingerprint density at radius 1 is 1.45 bits per heavy atom. The van der Waals surface area contributed by atoms with E-state index in [1.807, 2.05) is 6.92 Å². The molecule has 0 unspecified atom stereocenters. The Balaban J connectivity index is 2.20. The van der Waals surface area contributed by atoms with E-state index < -0.39 is 0 Å². The number of hydrogen-bond acceptors (Lipinski definition) is 3. The van der Waals surface area contributed by atoms with Gasteiger partial charge in [-0.15, -0.1) is 0 Å². The van der Waals surface area contributed by atoms with Crippen molar-refractivity contribution >= 4 is 0 Å². The molecule has 0 aromatic heterocycles. The number of aliphatic hydroxyl groups is 1. The highest BCUT2D eigenvalue weighted by Gasteiger charge is 2.09. The van der Waals surface area contributed by atoms with Crippen LogP contribution in [0, 0.1) is 0 Å². The van der Waals surface area contributed by atoms with E-state index >= 15 is 0 Å². The van der Waals surface area contributed by atoms with E-state index in [9.17, 15) is 0 Å². The van der Waals surface area contributed by atoms with Gasteiger partial charge in [0.25, 0.3) is 0 Å². The lowest BCUT2D eigenvalue weighted by atomic mass is 10.3. The normalized spacial score (nSPS) is 24.5. The zero-order valence-electron chi connectivity index (χ0n) is 7.21. The van der Waals surface area contributed by atoms with Crippen LogP contribution in [0.2, 0.25) is 0 Å². The van der Waals surface area contributed by atoms with Gasteiger partial charge in [-0.25, -0.2) is 0 Å². The van der Waals surface area contributed by atoms with Crippen LogP contribution in [0.1, 0.15) is 13.3 Å². The Kier molecular flexibility index (Phi) is 3.83. The molecule has 2 N–H and O–H groups in total. The summed E-state index contributed by atoms with van der Waals surface area (Å²) in [5.74, 6) is 0. The first kappa shape index (κ1) is 8.97. The van der Waals surface area contributed by atoms with Gasteiger partial charge >= 0.3 is 0 Å². The molecule has 11 heavy (non-hydrogen) atoms. The summed E-state index contributed by atoms with van der Waals surface area (Å²) in [4.78, 5) is 2.31. The fourth-order valence-electron chi connectivity index (χ4n) is 1.46. The number of aliphatic hydroxyl groups excluding tert-OH is 1. The lowest BCUT2D eigenvalue weighted by molar-refractivity contribution is 0.131. The Bertz CT molecular complexity index is 98.3. The van der Waals surface area contributed by atoms with E-state index in [-0.39, 0.29) is 6.10 Å². The van der Waals surface area contributed by atoms with Gasteiger partial charge in [0, 0.05) is 19.6 Å². The van der Waals surface area contributed by atoms with Crippen molar-refractivity contribution < 1.29 is 5.11 Å². The molecular formula is C8H18N2O. The fraction of sp³-hybridized carbons (Fsp3) is 1.00. The molecule has 1 aliphatic heterocycles. The predicted octanol–water partition coefficient (Wildman–Crippen LogP) is -0.337. The third-order valence-corrected chi connectivity index (χ3v) is 1.96. The maximum Gasteiger partial charge on any atom is 0.0639 e. The topological polar surface area (TPSA) is 35.5 Å². The average Bonchev–Trinajstić information content (AvgIpc) is 2.14. The SMILES string of the molecule is C[C@H](O)CN1CCCNCC1. The molecule has 0 aliphatic carbocycles. The van der Waals surface area contributed by atoms with Crippen LogP contribution in [0.3, 0.4) is 0 Å². The molecule has 0 bridgehead atoms. The molecule has 66 valence electrons. The van der Waals surface area contributed by atoms with Crippen molar-refractivity contribution in [1.82, 2.24) is 10.2 Å². The van der Waals surface area contributed by atoms with Gasteiger partial charge in [-0.2, -0.15) is 0 Å². The minimum atomic E-state index is -0.187. The van der Waals surface area contributed by atoms with Gasteiger partial charge in [0.2, 0.25) is 0 Å². The van der Waals surface area contributed by atoms with Crippen LogP contribution in [-0.2, 0) is 0 Å². The van der Waals surface area contributed by atoms with Crippen molar-refractivity contribution in [3.63, 3.8) is 0 Å². The first-order valence-electron chi connectivity index (χ1n) is 4.40. The number of β-amino-alcohol motifs (C(OH)–C–C–N with tert-alkyl or cyclic N) is 1. The Hall–Kier alpha value is -0.120. The van der Waals surface area contributed by atoms with Crippen molar-refractivity contribution in [1.29, 1.82) is 0 Å². The highest BCUT2D eigenvalue weighted by molar-refractivity contribution is 4.67. The zero-order valence-corrected chi connectivity index (χ0v) is 7.21. The summed E-state index contributed by atoms with van der Waals surface area (Å²) in [6.45, 7) is 7.05. The van der Waals surface area contributed by atoms with Gasteiger partial charge in [0.15, 0.2) is 0 Å². The molecule has 1 saturated heterocycles. The number of rotatable bonds is 2. The molecule has 1 atom stereocenters. The molecule has 3 nitrogen and oxygen atoms in total. The Morgan fingerprint density at radius 2 is 2.27 bits per heavy atom. The molecule has 0 radical (unpaired) electrons. The van der Waals surface area contributed by atoms with Gasteiger partial charge in [0.05, 0.1) is 6.10 Å². The van der Waals surface area contributed by atoms with Crippen LogP contribution in [0.15, 0.2) is 0 Å². The van der Waals surface area contributed by atoms with Gasteiger partial charge in [-0.1, -0.05) is 0 Å². The molecule has 0 spiro atoms. The van der Waals surface area contributed by atoms with Gasteiger partial charge in [0.1, 0.15) is 0 Å². The zero-order chi connectivity index (χ0) is 8.10. The van der Waals surface area contributed by atoms with E-state index in [1.165, 1.54) is 6.42 Å². The van der Waals surface area contributed by atoms with Crippen LogP contribution in [0.5, 0.6) is 0 Å². The number of nitrogens with one attached hydrogen (secondary N) is 1. The van der Waals surface area contributed by atoms with Crippen molar-refractivity contribution in [3.05, 3.63) is 0 Å². The number of hydrogen-bond donors (Lipinski definition) is 2. The molecule has 3 heteroatoms. The third kappa shape index (κ3) is 3.70. The van der Waals surface area contributed by atoms with Gasteiger partial charge < -0.3 is 10.4 Å². The molecule has 1 fully saturated rings. The highest BCUT2D eigenvalue weighted by Crippen LogP contribution is 1.96. The molecule has 0 aromatic carbocycles. The second-order valence-corrected chi connectivity index (χ2v) is 3.25. The standard InChI is InChI=1S/C8H18N2O/c1-8(11)7-10-5-2-3-9-4-6-10/h8-9,11H,2-7H2,1H3/t8-/m0/s1. The fourth-order valence-corrected chi connectivity index (χ4v) is 1.46. The van der Waals surface area contributed by atoms with E-state index in [4.69, 9.17) is 5.11 Å². The first-order chi connectivity index (χ1) is 5.29. The van der Waals surface area contributed by atoms with E-state index in [0.717, 1.165) is 32.7 Å². The van der Waals surface area contributed by atoms with Crippen molar-refractivity contribution in [3.8, 4) is 0 Å². The van der Waals surface area contributed by atoms with Gasteiger partial charge in [-0.3, -0.25) is 4.90 Å². The smallest absolute Gasteiger partial charge is 0.0639 e. The summed E-state index contributed by atoms with van der Waals surface area (Å²) in [7, 11) is 0. The second kappa shape index (κ2) is 4.70. The summed E-state index contributed by atoms with van der Waals surface area (Å²) in [5.41, 5.74) is 0. The molecule has 1 rings (SSSR count). The maximum absolute atomic E-state index is 9.13. The molecular weight excluding hydrogens is 140 g/mol. The summed E-state index contributed by atoms with van der Waals surface area (Å²) in [6, 6.07) is 0. The van der Waals surface area contributed by atoms with Crippen LogP contribution in [0.25, 0.3) is 0 Å². The van der Waals surface area contributed by atoms with Crippen molar-refractivity contribution in [2.24, 2.45) is 0 Å². The largest absolute Gasteiger partial charge is 0.392 e. The lowest BCUT2D eigenvalue weighted by Crippen LogP contribution is -2.33. The minimum absolute atomic E-state index is 0.187. The molecule has 0 amide bonds. The van der Waals surface area contributed by atoms with Crippen LogP contribution in [0.4, 0.5) is 0 Å². The van der Waals surface area contributed by atoms with E-state index in [2.05, 4.69) is 10.2 Å². The van der Waals surface area contributed by atoms with E-state index in [1.54, 1.807) is 0 Å². The average molecular weight is 158 g/mol. The number of nitrogens with zero attached hydrogens (tertiary/aromatic N) is 1. The van der Waals surface area contributed by atoms with Crippen molar-refractivity contribution in [2.75, 3.05) is 32.7 Å². The Morgan fingerprint density at radius 3 is 3.00 bits per heavy atom. The third-order valence-electron chi connectivity index (χ3n) is 1.96. The summed E-state index contributed by atoms with van der Waals surface area (Å²) >= 11 is 0. The predicted molar refractivity (Wildman–Crippen MR) is 45.6 cm³/mol. The molecule has 1 aliphatic rings. The van der Waals surface area contributed by atoms with Crippen LogP contribution >= 0.6 is 0 Å². The summed E-state index contributed by atoms with van der Waals surface area (Å²) in [5, 5.41) is 12.5. The van der Waals surface area contributed by atoms with Crippen LogP contribution < -0.4 is 5.32 Å². The quantitative estimate of drug-likeness (QED) is 0.577. The van der Waals surface area contributed by atoms with Crippen LogP contribution in [-0.4, -0.2) is 48.8 Å². The molecule has 0 saturated carbocycles. The maximum atomic E-state index is 9.13. The van der Waals surface area contributed by atoms with E-state index in [0.29, 0.717) is 0 Å². The lowest BCUT2D eigenvalue weighted by Gasteiger charge is -2.20. The molecule has 1 heterocycles. The highest BCUT2D eigenvalue weighted by atomic mass is 16.3. The minimum Gasteiger partial charge on any atom is -0.392 e. The summed E-state index contributed by atoms with van der Waals surface area (Å²) in [6.07, 6.45) is 1.01. The summed E-state index contributed by atoms with van der Waals surface area (Å²) < 4.78 is 0. The van der Waals surface area contributed by atoms with Gasteiger partial charge in [-0.05, 0) is 26.4 Å². The second-order valence-electron chi connectivity index (χ2n) is 3.25. The first-order valence-corrected chi connectivity index (χ1v) is 4.40. The monoisotopic (exact) mass is 158 g/mol.